The van der Waals surface area contributed by atoms with Crippen LogP contribution in [0.3, 0.4) is 0 Å². The molecule has 1 N–H and O–H groups in total. The minimum atomic E-state index is -1.27. The third-order valence-corrected chi connectivity index (χ3v) is 3.67. The second kappa shape index (κ2) is 7.11. The maximum atomic E-state index is 13.5. The topological polar surface area (TPSA) is 43.4 Å². The van der Waals surface area contributed by atoms with Crippen LogP contribution in [0.5, 0.6) is 0 Å². The van der Waals surface area contributed by atoms with Gasteiger partial charge in [-0.2, -0.15) is 0 Å². The molecule has 1 fully saturated rings. The molecule has 1 aliphatic carbocycles. The van der Waals surface area contributed by atoms with Gasteiger partial charge in [-0.3, -0.25) is 0 Å². The number of hydrogen-bond acceptors (Lipinski definition) is 2. The van der Waals surface area contributed by atoms with Crippen LogP contribution in [0.15, 0.2) is 18.2 Å². The lowest BCUT2D eigenvalue weighted by atomic mass is 10.1. The van der Waals surface area contributed by atoms with Crippen LogP contribution in [0, 0.1) is 17.6 Å². The van der Waals surface area contributed by atoms with Crippen molar-refractivity contribution in [3.8, 4) is 0 Å². The van der Waals surface area contributed by atoms with Crippen LogP contribution in [0.4, 0.5) is 8.78 Å². The zero-order valence-electron chi connectivity index (χ0n) is 11.4. The standard InChI is InChI=1S/C15H20F2NO2/c16-13-3-1-2-12(15(13)17)14(20)6-7-18(8-9-19)10-11-4-5-11/h1-3,11,14,19H,4-10H2. The van der Waals surface area contributed by atoms with Gasteiger partial charge in [-0.05, 0) is 31.2 Å². The summed E-state index contributed by atoms with van der Waals surface area (Å²) in [6.45, 7) is 1.94. The van der Waals surface area contributed by atoms with Crippen LogP contribution >= 0.6 is 0 Å². The lowest BCUT2D eigenvalue weighted by Crippen LogP contribution is -2.31. The second-order valence-corrected chi connectivity index (χ2v) is 5.39. The van der Waals surface area contributed by atoms with E-state index in [0.29, 0.717) is 19.0 Å². The molecule has 20 heavy (non-hydrogen) atoms. The van der Waals surface area contributed by atoms with Gasteiger partial charge in [-0.1, -0.05) is 12.1 Å². The average Bonchev–Trinajstić information content (AvgIpc) is 3.23. The second-order valence-electron chi connectivity index (χ2n) is 5.39. The number of aliphatic hydroxyl groups excluding tert-OH is 1. The van der Waals surface area contributed by atoms with Gasteiger partial charge in [0.15, 0.2) is 11.6 Å². The molecule has 1 aliphatic rings. The van der Waals surface area contributed by atoms with E-state index in [1.54, 1.807) is 0 Å². The van der Waals surface area contributed by atoms with Crippen molar-refractivity contribution in [3.05, 3.63) is 35.4 Å². The van der Waals surface area contributed by atoms with Gasteiger partial charge in [-0.15, -0.1) is 0 Å². The molecule has 0 aromatic heterocycles. The number of hydrogen-bond donors (Lipinski definition) is 1. The number of nitrogens with zero attached hydrogens (tertiary/aromatic N) is 1. The van der Waals surface area contributed by atoms with Crippen LogP contribution in [0.25, 0.3) is 0 Å². The Morgan fingerprint density at radius 1 is 1.30 bits per heavy atom. The molecule has 1 radical (unpaired) electrons. The summed E-state index contributed by atoms with van der Waals surface area (Å²) in [5, 5.41) is 21.0. The van der Waals surface area contributed by atoms with E-state index >= 15 is 0 Å². The molecule has 3 nitrogen and oxygen atoms in total. The molecule has 1 saturated carbocycles. The zero-order chi connectivity index (χ0) is 14.5. The van der Waals surface area contributed by atoms with E-state index in [-0.39, 0.29) is 18.6 Å². The fourth-order valence-corrected chi connectivity index (χ4v) is 2.33. The van der Waals surface area contributed by atoms with Crippen LogP contribution in [0.1, 0.15) is 30.9 Å². The van der Waals surface area contributed by atoms with Crippen molar-refractivity contribution in [1.82, 2.24) is 4.90 Å². The fraction of sp³-hybridized carbons (Fsp3) is 0.600. The van der Waals surface area contributed by atoms with Gasteiger partial charge in [0.1, 0.15) is 6.10 Å². The van der Waals surface area contributed by atoms with Gasteiger partial charge < -0.3 is 10.0 Å². The Balaban J connectivity index is 1.88. The first kappa shape index (κ1) is 15.4. The summed E-state index contributed by atoms with van der Waals surface area (Å²) >= 11 is 0. The van der Waals surface area contributed by atoms with E-state index in [1.165, 1.54) is 25.0 Å². The molecule has 0 aliphatic heterocycles. The van der Waals surface area contributed by atoms with Gasteiger partial charge in [0.05, 0.1) is 6.61 Å². The highest BCUT2D eigenvalue weighted by atomic mass is 19.2. The number of rotatable bonds is 8. The normalized spacial score (nSPS) is 16.6. The Labute approximate surface area is 117 Å². The molecule has 1 aromatic rings. The van der Waals surface area contributed by atoms with E-state index in [2.05, 4.69) is 0 Å². The van der Waals surface area contributed by atoms with Crippen molar-refractivity contribution in [3.63, 3.8) is 0 Å². The monoisotopic (exact) mass is 284 g/mol. The van der Waals surface area contributed by atoms with Crippen molar-refractivity contribution in [2.75, 3.05) is 26.2 Å². The average molecular weight is 284 g/mol. The van der Waals surface area contributed by atoms with Crippen molar-refractivity contribution >= 4 is 0 Å². The summed E-state index contributed by atoms with van der Waals surface area (Å²) in [6, 6.07) is 3.71. The van der Waals surface area contributed by atoms with Gasteiger partial charge >= 0.3 is 0 Å². The van der Waals surface area contributed by atoms with E-state index in [9.17, 15) is 13.9 Å². The molecule has 0 amide bonds. The Morgan fingerprint density at radius 2 is 2.05 bits per heavy atom. The van der Waals surface area contributed by atoms with E-state index in [4.69, 9.17) is 5.11 Å². The highest BCUT2D eigenvalue weighted by Crippen LogP contribution is 2.30. The van der Waals surface area contributed by atoms with Crippen molar-refractivity contribution in [2.24, 2.45) is 5.92 Å². The first-order valence-electron chi connectivity index (χ1n) is 7.04. The third-order valence-electron chi connectivity index (χ3n) is 3.67. The molecular formula is C15H20F2NO2. The Kier molecular flexibility index (Phi) is 5.46. The predicted molar refractivity (Wildman–Crippen MR) is 70.7 cm³/mol. The fourth-order valence-electron chi connectivity index (χ4n) is 2.33. The molecule has 0 saturated heterocycles. The predicted octanol–water partition coefficient (Wildman–Crippen LogP) is 2.53. The van der Waals surface area contributed by atoms with Crippen LogP contribution in [0.2, 0.25) is 0 Å². The zero-order valence-corrected chi connectivity index (χ0v) is 11.4. The summed E-state index contributed by atoms with van der Waals surface area (Å²) < 4.78 is 26.6. The number of benzene rings is 1. The first-order chi connectivity index (χ1) is 9.61. The summed E-state index contributed by atoms with van der Waals surface area (Å²) in [7, 11) is 0. The maximum Gasteiger partial charge on any atom is 0.164 e. The SMILES string of the molecule is [O]C(CCN(CCO)CC1CC1)c1cccc(F)c1F. The summed E-state index contributed by atoms with van der Waals surface area (Å²) in [6.07, 6.45) is 1.33. The van der Waals surface area contributed by atoms with Gasteiger partial charge in [-0.25, -0.2) is 13.9 Å². The number of aliphatic hydroxyl groups is 1. The van der Waals surface area contributed by atoms with Crippen molar-refractivity contribution < 1.29 is 19.0 Å². The minimum absolute atomic E-state index is 0.0462. The minimum Gasteiger partial charge on any atom is -0.395 e. The largest absolute Gasteiger partial charge is 0.395 e. The van der Waals surface area contributed by atoms with Gasteiger partial charge in [0.2, 0.25) is 0 Å². The lowest BCUT2D eigenvalue weighted by Gasteiger charge is -2.22. The molecule has 1 atom stereocenters. The summed E-state index contributed by atoms with van der Waals surface area (Å²) in [5.41, 5.74) is -0.111. The van der Waals surface area contributed by atoms with Crippen molar-refractivity contribution in [1.29, 1.82) is 0 Å². The Bertz CT molecular complexity index is 438. The van der Waals surface area contributed by atoms with Gasteiger partial charge in [0, 0.05) is 25.2 Å². The van der Waals surface area contributed by atoms with Crippen LogP contribution < -0.4 is 0 Å². The molecule has 2 rings (SSSR count). The molecule has 0 bridgehead atoms. The van der Waals surface area contributed by atoms with E-state index < -0.39 is 17.7 Å². The lowest BCUT2D eigenvalue weighted by molar-refractivity contribution is 0.0624. The molecule has 111 valence electrons. The molecular weight excluding hydrogens is 264 g/mol. The van der Waals surface area contributed by atoms with E-state index in [0.717, 1.165) is 12.6 Å². The summed E-state index contributed by atoms with van der Waals surface area (Å²) in [5.74, 6) is -1.35. The Morgan fingerprint density at radius 3 is 2.70 bits per heavy atom. The molecule has 1 aromatic carbocycles. The molecule has 1 unspecified atom stereocenters. The summed E-state index contributed by atoms with van der Waals surface area (Å²) in [4.78, 5) is 2.03. The third kappa shape index (κ3) is 4.23. The van der Waals surface area contributed by atoms with Crippen LogP contribution in [-0.4, -0.2) is 36.2 Å². The van der Waals surface area contributed by atoms with Crippen molar-refractivity contribution in [2.45, 2.75) is 25.4 Å². The first-order valence-corrected chi connectivity index (χ1v) is 7.04. The smallest absolute Gasteiger partial charge is 0.164 e. The quantitative estimate of drug-likeness (QED) is 0.797. The molecule has 0 spiro atoms. The Hall–Kier alpha value is -1.04. The highest BCUT2D eigenvalue weighted by molar-refractivity contribution is 5.21. The molecule has 0 heterocycles. The maximum absolute atomic E-state index is 13.5. The van der Waals surface area contributed by atoms with Crippen LogP contribution in [-0.2, 0) is 5.11 Å². The number of halogens is 2. The molecule has 5 heteroatoms. The highest BCUT2D eigenvalue weighted by Gasteiger charge is 2.25. The van der Waals surface area contributed by atoms with E-state index in [1.807, 2.05) is 4.90 Å². The van der Waals surface area contributed by atoms with Gasteiger partial charge in [0.25, 0.3) is 0 Å².